The fourth-order valence-corrected chi connectivity index (χ4v) is 15.2. The van der Waals surface area contributed by atoms with E-state index in [4.69, 9.17) is 37.0 Å². The van der Waals surface area contributed by atoms with Crippen molar-refractivity contribution in [2.24, 2.45) is 5.92 Å². The summed E-state index contributed by atoms with van der Waals surface area (Å²) < 4.78 is 68.7. The Morgan fingerprint density at radius 1 is 0.264 bits per heavy atom. The standard InChI is InChI=1S/C87H170O17P2/c1-6-10-13-16-18-20-22-24-26-28-29-30-31-32-37-40-44-48-52-56-61-66-71-85(90)98-77-83(104-87(92)73-68-63-58-54-50-46-42-38-34-33-36-39-43-47-51-55-60-64-69-80(5)9-4)79-102-106(95,96)100-75-81(88)74-99-105(93,94)101-78-82(76-97-84(89)70-65-59-15-12-8-3)103-86(91)72-67-62-57-53-49-45-41-35-27-25-23-21-19-17-14-11-7-2/h80-83,88H,6-79H2,1-5H3,(H,93,94)(H,95,96)/t80?,81-,82+,83+/m0/s1. The molecule has 0 rings (SSSR count). The van der Waals surface area contributed by atoms with Crippen LogP contribution in [0.4, 0.5) is 0 Å². The molecule has 0 heterocycles. The molecule has 0 aliphatic rings. The molecular weight excluding hydrogens is 1380 g/mol. The average molecular weight is 1550 g/mol. The molecule has 0 aromatic rings. The third-order valence-corrected chi connectivity index (χ3v) is 22.8. The van der Waals surface area contributed by atoms with Gasteiger partial charge in [-0.1, -0.05) is 420 Å². The number of ether oxygens (including phenoxy) is 4. The summed E-state index contributed by atoms with van der Waals surface area (Å²) in [6.07, 6.45) is 74.2. The van der Waals surface area contributed by atoms with Crippen LogP contribution in [0.3, 0.4) is 0 Å². The van der Waals surface area contributed by atoms with E-state index >= 15 is 0 Å². The number of aliphatic hydroxyl groups is 1. The predicted octanol–water partition coefficient (Wildman–Crippen LogP) is 26.8. The van der Waals surface area contributed by atoms with Crippen molar-refractivity contribution < 1.29 is 80.2 Å². The van der Waals surface area contributed by atoms with Crippen LogP contribution in [0.2, 0.25) is 0 Å². The molecule has 0 aliphatic heterocycles. The van der Waals surface area contributed by atoms with Crippen LogP contribution < -0.4 is 0 Å². The van der Waals surface area contributed by atoms with Crippen LogP contribution in [0.25, 0.3) is 0 Å². The second kappa shape index (κ2) is 79.7. The summed E-state index contributed by atoms with van der Waals surface area (Å²) in [5.74, 6) is -1.24. The first-order valence-electron chi connectivity index (χ1n) is 45.2. The Morgan fingerprint density at radius 2 is 0.453 bits per heavy atom. The second-order valence-electron chi connectivity index (χ2n) is 31.5. The minimum atomic E-state index is -4.96. The van der Waals surface area contributed by atoms with Gasteiger partial charge in [-0.25, -0.2) is 9.13 Å². The minimum absolute atomic E-state index is 0.108. The molecule has 0 aliphatic carbocycles. The van der Waals surface area contributed by atoms with Gasteiger partial charge >= 0.3 is 39.5 Å². The maximum absolute atomic E-state index is 13.1. The Morgan fingerprint density at radius 3 is 0.670 bits per heavy atom. The second-order valence-corrected chi connectivity index (χ2v) is 34.4. The first-order chi connectivity index (χ1) is 51.6. The van der Waals surface area contributed by atoms with Crippen molar-refractivity contribution in [3.63, 3.8) is 0 Å². The lowest BCUT2D eigenvalue weighted by Gasteiger charge is -2.21. The van der Waals surface area contributed by atoms with Gasteiger partial charge in [0.25, 0.3) is 0 Å². The van der Waals surface area contributed by atoms with Crippen molar-refractivity contribution in [3.8, 4) is 0 Å². The van der Waals surface area contributed by atoms with Gasteiger partial charge in [-0.3, -0.25) is 37.3 Å². The summed E-state index contributed by atoms with van der Waals surface area (Å²) >= 11 is 0. The molecule has 0 spiro atoms. The van der Waals surface area contributed by atoms with E-state index in [2.05, 4.69) is 34.6 Å². The van der Waals surface area contributed by atoms with Crippen LogP contribution in [-0.2, 0) is 65.4 Å². The maximum Gasteiger partial charge on any atom is 0.472 e. The Hall–Kier alpha value is -1.94. The van der Waals surface area contributed by atoms with Crippen LogP contribution in [0, 0.1) is 5.92 Å². The van der Waals surface area contributed by atoms with Crippen LogP contribution in [-0.4, -0.2) is 96.7 Å². The molecule has 3 unspecified atom stereocenters. The van der Waals surface area contributed by atoms with Crippen molar-refractivity contribution in [3.05, 3.63) is 0 Å². The highest BCUT2D eigenvalue weighted by molar-refractivity contribution is 7.47. The van der Waals surface area contributed by atoms with Gasteiger partial charge < -0.3 is 33.8 Å². The monoisotopic (exact) mass is 1550 g/mol. The fourth-order valence-electron chi connectivity index (χ4n) is 13.6. The lowest BCUT2D eigenvalue weighted by Crippen LogP contribution is -2.30. The maximum atomic E-state index is 13.1. The van der Waals surface area contributed by atoms with Gasteiger partial charge in [0.1, 0.15) is 19.3 Å². The van der Waals surface area contributed by atoms with E-state index in [1.54, 1.807) is 0 Å². The summed E-state index contributed by atoms with van der Waals surface area (Å²) in [7, 11) is -9.92. The molecule has 0 aromatic carbocycles. The van der Waals surface area contributed by atoms with E-state index in [0.29, 0.717) is 25.7 Å². The van der Waals surface area contributed by atoms with Gasteiger partial charge in [0.15, 0.2) is 12.2 Å². The zero-order valence-electron chi connectivity index (χ0n) is 69.6. The molecule has 6 atom stereocenters. The summed E-state index contributed by atoms with van der Waals surface area (Å²) in [5.41, 5.74) is 0. The molecule has 17 nitrogen and oxygen atoms in total. The SMILES string of the molecule is CCCCCCCCCCCCCCCCCCCCCCCCC(=O)OC[C@H](COP(=O)(O)OC[C@@H](O)COP(=O)(O)OC[C@@H](COC(=O)CCCCCCC)OC(=O)CCCCCCCCCCCCCCCCCCC)OC(=O)CCCCCCCCCCCCCCCCCCCCC(C)CC. The van der Waals surface area contributed by atoms with Crippen molar-refractivity contribution in [1.29, 1.82) is 0 Å². The highest BCUT2D eigenvalue weighted by atomic mass is 31.2. The smallest absolute Gasteiger partial charge is 0.462 e. The fraction of sp³-hybridized carbons (Fsp3) is 0.954. The number of esters is 4. The molecule has 3 N–H and O–H groups in total. The highest BCUT2D eigenvalue weighted by Crippen LogP contribution is 2.45. The van der Waals surface area contributed by atoms with Crippen molar-refractivity contribution in [2.75, 3.05) is 39.6 Å². The topological polar surface area (TPSA) is 237 Å². The van der Waals surface area contributed by atoms with E-state index < -0.39 is 97.5 Å². The van der Waals surface area contributed by atoms with Gasteiger partial charge in [-0.05, 0) is 31.6 Å². The molecule has 0 fully saturated rings. The third-order valence-electron chi connectivity index (χ3n) is 20.9. The molecule has 0 saturated heterocycles. The number of hydrogen-bond donors (Lipinski definition) is 3. The predicted molar refractivity (Wildman–Crippen MR) is 437 cm³/mol. The zero-order chi connectivity index (χ0) is 77.6. The molecule has 19 heteroatoms. The number of unbranched alkanes of at least 4 members (excludes halogenated alkanes) is 58. The third kappa shape index (κ3) is 78.7. The molecule has 0 amide bonds. The van der Waals surface area contributed by atoms with E-state index in [9.17, 15) is 43.2 Å². The number of carbonyl (C=O) groups is 4. The Bertz CT molecular complexity index is 2020. The average Bonchev–Trinajstić information content (AvgIpc) is 0.913. The first kappa shape index (κ1) is 104. The van der Waals surface area contributed by atoms with Crippen molar-refractivity contribution >= 4 is 39.5 Å². The van der Waals surface area contributed by atoms with E-state index in [-0.39, 0.29) is 25.7 Å². The number of carbonyl (C=O) groups excluding carboxylic acids is 4. The van der Waals surface area contributed by atoms with Crippen LogP contribution in [0.5, 0.6) is 0 Å². The van der Waals surface area contributed by atoms with Crippen LogP contribution >= 0.6 is 15.6 Å². The summed E-state index contributed by atoms with van der Waals surface area (Å²) in [5, 5.41) is 10.6. The summed E-state index contributed by atoms with van der Waals surface area (Å²) in [4.78, 5) is 72.9. The summed E-state index contributed by atoms with van der Waals surface area (Å²) in [6, 6.07) is 0. The highest BCUT2D eigenvalue weighted by Gasteiger charge is 2.30. The Balaban J connectivity index is 5.09. The van der Waals surface area contributed by atoms with E-state index in [1.165, 1.54) is 289 Å². The van der Waals surface area contributed by atoms with Crippen LogP contribution in [0.15, 0.2) is 0 Å². The van der Waals surface area contributed by atoms with Gasteiger partial charge in [0, 0.05) is 25.7 Å². The van der Waals surface area contributed by atoms with Crippen LogP contribution in [0.1, 0.15) is 471 Å². The van der Waals surface area contributed by atoms with Crippen molar-refractivity contribution in [2.45, 2.75) is 490 Å². The van der Waals surface area contributed by atoms with E-state index in [0.717, 1.165) is 102 Å². The lowest BCUT2D eigenvalue weighted by molar-refractivity contribution is -0.161. The quantitative estimate of drug-likeness (QED) is 0.0222. The largest absolute Gasteiger partial charge is 0.472 e. The normalized spacial score (nSPS) is 14.0. The molecule has 0 saturated carbocycles. The molecule has 0 radical (unpaired) electrons. The molecular formula is C87H170O17P2. The number of phosphoric acid groups is 2. The Labute approximate surface area is 651 Å². The molecule has 0 aromatic heterocycles. The van der Waals surface area contributed by atoms with Gasteiger partial charge in [-0.2, -0.15) is 0 Å². The van der Waals surface area contributed by atoms with Gasteiger partial charge in [-0.15, -0.1) is 0 Å². The number of phosphoric ester groups is 2. The molecule has 106 heavy (non-hydrogen) atoms. The molecule has 0 bridgehead atoms. The first-order valence-corrected chi connectivity index (χ1v) is 48.2. The summed E-state index contributed by atoms with van der Waals surface area (Å²) in [6.45, 7) is 7.34. The zero-order valence-corrected chi connectivity index (χ0v) is 71.4. The number of hydrogen-bond acceptors (Lipinski definition) is 15. The van der Waals surface area contributed by atoms with Gasteiger partial charge in [0.05, 0.1) is 26.4 Å². The lowest BCUT2D eigenvalue weighted by atomic mass is 9.99. The van der Waals surface area contributed by atoms with Crippen molar-refractivity contribution in [1.82, 2.24) is 0 Å². The van der Waals surface area contributed by atoms with E-state index in [1.807, 2.05) is 0 Å². The minimum Gasteiger partial charge on any atom is -0.462 e. The molecule has 630 valence electrons. The Kier molecular flexibility index (Phi) is 78.2. The number of aliphatic hydroxyl groups excluding tert-OH is 1. The number of rotatable bonds is 87. The van der Waals surface area contributed by atoms with Gasteiger partial charge in [0.2, 0.25) is 0 Å².